The van der Waals surface area contributed by atoms with Crippen molar-refractivity contribution >= 4 is 41.3 Å². The number of likely N-dealkylation sites (tertiary alicyclic amines) is 1. The third kappa shape index (κ3) is 6.91. The van der Waals surface area contributed by atoms with Gasteiger partial charge in [0.1, 0.15) is 6.04 Å². The molecule has 0 bridgehead atoms. The summed E-state index contributed by atoms with van der Waals surface area (Å²) in [7, 11) is 0. The molecule has 0 aromatic heterocycles. The Labute approximate surface area is 192 Å². The van der Waals surface area contributed by atoms with Crippen LogP contribution in [0.2, 0.25) is 0 Å². The molecule has 5 amide bonds. The third-order valence-corrected chi connectivity index (χ3v) is 6.38. The molecular weight excluding hydrogens is 430 g/mol. The lowest BCUT2D eigenvalue weighted by Gasteiger charge is -2.19. The summed E-state index contributed by atoms with van der Waals surface area (Å²) in [6.07, 6.45) is 4.39. The molecule has 2 N–H and O–H groups in total. The second-order valence-corrected chi connectivity index (χ2v) is 8.69. The number of unbranched alkanes of at least 4 members (excludes halogenated alkanes) is 1. The van der Waals surface area contributed by atoms with E-state index in [0.717, 1.165) is 12.0 Å². The SMILES string of the molecule is CCC(=O)NC(CCCCN1C(=O)CC(SC)C1=O)C(=O)NC(=O)c1ccc(CC)cc1. The van der Waals surface area contributed by atoms with Gasteiger partial charge < -0.3 is 5.32 Å². The van der Waals surface area contributed by atoms with Gasteiger partial charge in [0.05, 0.1) is 5.25 Å². The number of hydrogen-bond acceptors (Lipinski definition) is 6. The van der Waals surface area contributed by atoms with Gasteiger partial charge >= 0.3 is 0 Å². The quantitative estimate of drug-likeness (QED) is 0.385. The van der Waals surface area contributed by atoms with Crippen LogP contribution in [0, 0.1) is 0 Å². The number of hydrogen-bond donors (Lipinski definition) is 2. The summed E-state index contributed by atoms with van der Waals surface area (Å²) in [5.74, 6) is -1.74. The first kappa shape index (κ1) is 25.6. The first-order valence-electron chi connectivity index (χ1n) is 10.9. The van der Waals surface area contributed by atoms with Crippen molar-refractivity contribution in [3.8, 4) is 0 Å². The molecule has 32 heavy (non-hydrogen) atoms. The summed E-state index contributed by atoms with van der Waals surface area (Å²) < 4.78 is 0. The fraction of sp³-hybridized carbons (Fsp3) is 0.522. The van der Waals surface area contributed by atoms with Crippen LogP contribution in [0.4, 0.5) is 0 Å². The minimum Gasteiger partial charge on any atom is -0.344 e. The molecule has 2 rings (SSSR count). The summed E-state index contributed by atoms with van der Waals surface area (Å²) in [5.41, 5.74) is 1.45. The standard InChI is InChI=1S/C23H31N3O5S/c1-4-15-9-11-16(12-10-15)21(29)25-22(30)17(24-19(27)5-2)8-6-7-13-26-20(28)14-18(32-3)23(26)31/h9-12,17-18H,4-8,13-14H2,1-3H3,(H,24,27)(H,25,29,30). The molecule has 174 valence electrons. The van der Waals surface area contributed by atoms with Gasteiger partial charge in [-0.3, -0.25) is 34.2 Å². The average molecular weight is 462 g/mol. The van der Waals surface area contributed by atoms with Gasteiger partial charge in [-0.05, 0) is 49.6 Å². The number of rotatable bonds is 11. The third-order valence-electron chi connectivity index (χ3n) is 5.45. The van der Waals surface area contributed by atoms with Gasteiger partial charge in [-0.1, -0.05) is 26.0 Å². The fourth-order valence-corrected chi connectivity index (χ4v) is 4.06. The van der Waals surface area contributed by atoms with Crippen LogP contribution in [0.3, 0.4) is 0 Å². The topological polar surface area (TPSA) is 113 Å². The van der Waals surface area contributed by atoms with Crippen molar-refractivity contribution in [1.29, 1.82) is 0 Å². The van der Waals surface area contributed by atoms with Crippen molar-refractivity contribution in [1.82, 2.24) is 15.5 Å². The maximum absolute atomic E-state index is 12.7. The second kappa shape index (κ2) is 12.4. The average Bonchev–Trinajstić information content (AvgIpc) is 3.08. The number of carbonyl (C=O) groups is 5. The van der Waals surface area contributed by atoms with Crippen molar-refractivity contribution in [2.45, 2.75) is 63.7 Å². The number of thioether (sulfide) groups is 1. The highest BCUT2D eigenvalue weighted by atomic mass is 32.2. The summed E-state index contributed by atoms with van der Waals surface area (Å²) in [6, 6.07) is 6.11. The first-order chi connectivity index (χ1) is 15.3. The van der Waals surface area contributed by atoms with Crippen molar-refractivity contribution in [3.05, 3.63) is 35.4 Å². The Bertz CT molecular complexity index is 856. The van der Waals surface area contributed by atoms with Crippen LogP contribution in [0.5, 0.6) is 0 Å². The first-order valence-corrected chi connectivity index (χ1v) is 12.2. The van der Waals surface area contributed by atoms with Gasteiger partial charge in [0, 0.05) is 24.9 Å². The number of carbonyl (C=O) groups excluding carboxylic acids is 5. The lowest BCUT2D eigenvalue weighted by molar-refractivity contribution is -0.138. The lowest BCUT2D eigenvalue weighted by atomic mass is 10.1. The predicted molar refractivity (Wildman–Crippen MR) is 123 cm³/mol. The molecule has 2 atom stereocenters. The summed E-state index contributed by atoms with van der Waals surface area (Å²) in [6.45, 7) is 3.97. The van der Waals surface area contributed by atoms with Gasteiger partial charge in [-0.25, -0.2) is 0 Å². The second-order valence-electron chi connectivity index (χ2n) is 7.65. The van der Waals surface area contributed by atoms with Crippen LogP contribution in [-0.2, 0) is 25.6 Å². The highest BCUT2D eigenvalue weighted by Crippen LogP contribution is 2.23. The number of benzene rings is 1. The zero-order chi connectivity index (χ0) is 23.7. The summed E-state index contributed by atoms with van der Waals surface area (Å²) in [4.78, 5) is 62.4. The molecule has 1 saturated heterocycles. The molecule has 2 unspecified atom stereocenters. The number of imide groups is 2. The predicted octanol–water partition coefficient (Wildman–Crippen LogP) is 2.06. The van der Waals surface area contributed by atoms with E-state index in [9.17, 15) is 24.0 Å². The maximum atomic E-state index is 12.7. The molecule has 1 fully saturated rings. The highest BCUT2D eigenvalue weighted by molar-refractivity contribution is 8.00. The van der Waals surface area contributed by atoms with E-state index in [1.807, 2.05) is 19.1 Å². The van der Waals surface area contributed by atoms with Gasteiger partial charge in [-0.15, -0.1) is 0 Å². The highest BCUT2D eigenvalue weighted by Gasteiger charge is 2.37. The molecule has 1 aromatic rings. The van der Waals surface area contributed by atoms with E-state index in [2.05, 4.69) is 10.6 Å². The molecule has 1 heterocycles. The Kier molecular flexibility index (Phi) is 9.90. The lowest BCUT2D eigenvalue weighted by Crippen LogP contribution is -2.48. The molecule has 0 aliphatic carbocycles. The Morgan fingerprint density at radius 1 is 1.12 bits per heavy atom. The Balaban J connectivity index is 1.91. The molecule has 0 radical (unpaired) electrons. The van der Waals surface area contributed by atoms with E-state index in [4.69, 9.17) is 0 Å². The van der Waals surface area contributed by atoms with E-state index in [0.29, 0.717) is 24.8 Å². The number of nitrogens with zero attached hydrogens (tertiary/aromatic N) is 1. The number of nitrogens with one attached hydrogen (secondary N) is 2. The van der Waals surface area contributed by atoms with Crippen molar-refractivity contribution in [2.75, 3.05) is 12.8 Å². The minimum absolute atomic E-state index is 0.171. The fourth-order valence-electron chi connectivity index (χ4n) is 3.42. The van der Waals surface area contributed by atoms with Gasteiger partial charge in [0.15, 0.2) is 0 Å². The number of amides is 5. The van der Waals surface area contributed by atoms with E-state index in [1.165, 1.54) is 16.7 Å². The molecular formula is C23H31N3O5S. The molecule has 1 aliphatic heterocycles. The Morgan fingerprint density at radius 3 is 2.38 bits per heavy atom. The smallest absolute Gasteiger partial charge is 0.257 e. The van der Waals surface area contributed by atoms with E-state index < -0.39 is 17.9 Å². The van der Waals surface area contributed by atoms with E-state index >= 15 is 0 Å². The van der Waals surface area contributed by atoms with Crippen molar-refractivity contribution in [2.24, 2.45) is 0 Å². The molecule has 8 nitrogen and oxygen atoms in total. The molecule has 1 aromatic carbocycles. The zero-order valence-electron chi connectivity index (χ0n) is 18.8. The van der Waals surface area contributed by atoms with Crippen molar-refractivity contribution < 1.29 is 24.0 Å². The van der Waals surface area contributed by atoms with Crippen LogP contribution in [-0.4, -0.2) is 58.5 Å². The number of aryl methyl sites for hydroxylation is 1. The normalized spacial score (nSPS) is 16.7. The Morgan fingerprint density at radius 2 is 1.81 bits per heavy atom. The van der Waals surface area contributed by atoms with Crippen LogP contribution >= 0.6 is 11.8 Å². The Hall–Kier alpha value is -2.68. The van der Waals surface area contributed by atoms with Crippen molar-refractivity contribution in [3.63, 3.8) is 0 Å². The van der Waals surface area contributed by atoms with Gasteiger partial charge in [0.25, 0.3) is 5.91 Å². The minimum atomic E-state index is -0.870. The van der Waals surface area contributed by atoms with Crippen LogP contribution in [0.25, 0.3) is 0 Å². The molecule has 0 saturated carbocycles. The van der Waals surface area contributed by atoms with Crippen LogP contribution in [0.1, 0.15) is 61.9 Å². The maximum Gasteiger partial charge on any atom is 0.257 e. The van der Waals surface area contributed by atoms with Crippen LogP contribution < -0.4 is 10.6 Å². The van der Waals surface area contributed by atoms with Crippen LogP contribution in [0.15, 0.2) is 24.3 Å². The van der Waals surface area contributed by atoms with Gasteiger partial charge in [-0.2, -0.15) is 11.8 Å². The molecule has 0 spiro atoms. The summed E-state index contributed by atoms with van der Waals surface area (Å²) in [5, 5.41) is 4.69. The molecule has 9 heteroatoms. The monoisotopic (exact) mass is 461 g/mol. The molecule has 1 aliphatic rings. The van der Waals surface area contributed by atoms with E-state index in [-0.39, 0.29) is 42.4 Å². The summed E-state index contributed by atoms with van der Waals surface area (Å²) >= 11 is 1.37. The zero-order valence-corrected chi connectivity index (χ0v) is 19.6. The van der Waals surface area contributed by atoms with Gasteiger partial charge in [0.2, 0.25) is 23.6 Å². The van der Waals surface area contributed by atoms with E-state index in [1.54, 1.807) is 25.3 Å². The largest absolute Gasteiger partial charge is 0.344 e.